The maximum atomic E-state index is 9.52. The van der Waals surface area contributed by atoms with Crippen LogP contribution >= 0.6 is 11.3 Å². The number of hydrogen-bond acceptors (Lipinski definition) is 6. The standard InChI is InChI=1S/C15H13N3O2S/c16-13(9-4-2-1-3-5-9)15-18-17-14(21-15)10-6-11(19)8-12(20)7-10/h1-8,13,19-20H,16H2. The van der Waals surface area contributed by atoms with Crippen molar-refractivity contribution in [1.82, 2.24) is 10.2 Å². The number of aromatic nitrogens is 2. The Kier molecular flexibility index (Phi) is 3.55. The van der Waals surface area contributed by atoms with Crippen LogP contribution in [0.4, 0.5) is 0 Å². The molecule has 0 saturated heterocycles. The fourth-order valence-electron chi connectivity index (χ4n) is 2.00. The number of aromatic hydroxyl groups is 2. The Morgan fingerprint density at radius 1 is 0.952 bits per heavy atom. The average Bonchev–Trinajstić information content (AvgIpc) is 2.96. The first-order valence-electron chi connectivity index (χ1n) is 6.31. The number of nitrogens with zero attached hydrogens (tertiary/aromatic N) is 2. The van der Waals surface area contributed by atoms with Gasteiger partial charge in [0.1, 0.15) is 21.5 Å². The SMILES string of the molecule is NC(c1ccccc1)c1nnc(-c2cc(O)cc(O)c2)s1. The molecule has 1 atom stereocenters. The molecule has 1 aromatic heterocycles. The van der Waals surface area contributed by atoms with Gasteiger partial charge in [0.25, 0.3) is 0 Å². The highest BCUT2D eigenvalue weighted by atomic mass is 32.1. The predicted molar refractivity (Wildman–Crippen MR) is 81.1 cm³/mol. The van der Waals surface area contributed by atoms with Gasteiger partial charge in [-0.25, -0.2) is 0 Å². The van der Waals surface area contributed by atoms with E-state index in [9.17, 15) is 10.2 Å². The van der Waals surface area contributed by atoms with Crippen LogP contribution in [0.3, 0.4) is 0 Å². The summed E-state index contributed by atoms with van der Waals surface area (Å²) >= 11 is 1.34. The Morgan fingerprint density at radius 3 is 2.29 bits per heavy atom. The average molecular weight is 299 g/mol. The van der Waals surface area contributed by atoms with Gasteiger partial charge >= 0.3 is 0 Å². The van der Waals surface area contributed by atoms with Crippen molar-refractivity contribution < 1.29 is 10.2 Å². The summed E-state index contributed by atoms with van der Waals surface area (Å²) in [5.74, 6) is -0.0387. The fourth-order valence-corrected chi connectivity index (χ4v) is 2.86. The zero-order chi connectivity index (χ0) is 14.8. The van der Waals surface area contributed by atoms with E-state index in [1.54, 1.807) is 0 Å². The summed E-state index contributed by atoms with van der Waals surface area (Å²) in [7, 11) is 0. The quantitative estimate of drug-likeness (QED) is 0.691. The minimum absolute atomic E-state index is 0.0193. The number of phenolic OH excluding ortho intramolecular Hbond substituents is 2. The van der Waals surface area contributed by atoms with E-state index in [1.807, 2.05) is 30.3 Å². The highest BCUT2D eigenvalue weighted by Gasteiger charge is 2.15. The second kappa shape index (κ2) is 5.51. The van der Waals surface area contributed by atoms with Crippen LogP contribution in [0.5, 0.6) is 11.5 Å². The molecule has 0 saturated carbocycles. The third-order valence-corrected chi connectivity index (χ3v) is 4.07. The largest absolute Gasteiger partial charge is 0.508 e. The Balaban J connectivity index is 1.93. The molecule has 106 valence electrons. The molecule has 3 rings (SSSR count). The van der Waals surface area contributed by atoms with Crippen molar-refractivity contribution >= 4 is 11.3 Å². The highest BCUT2D eigenvalue weighted by Crippen LogP contribution is 2.32. The maximum Gasteiger partial charge on any atom is 0.148 e. The second-order valence-corrected chi connectivity index (χ2v) is 5.58. The number of rotatable bonds is 3. The van der Waals surface area contributed by atoms with Crippen molar-refractivity contribution in [2.75, 3.05) is 0 Å². The van der Waals surface area contributed by atoms with Crippen LogP contribution in [0.15, 0.2) is 48.5 Å². The summed E-state index contributed by atoms with van der Waals surface area (Å²) in [5.41, 5.74) is 7.74. The van der Waals surface area contributed by atoms with Crippen molar-refractivity contribution in [1.29, 1.82) is 0 Å². The van der Waals surface area contributed by atoms with Gasteiger partial charge in [-0.3, -0.25) is 0 Å². The van der Waals surface area contributed by atoms with Gasteiger partial charge in [-0.2, -0.15) is 0 Å². The molecular weight excluding hydrogens is 286 g/mol. The highest BCUT2D eigenvalue weighted by molar-refractivity contribution is 7.14. The maximum absolute atomic E-state index is 9.52. The molecule has 1 heterocycles. The molecule has 2 aromatic carbocycles. The van der Waals surface area contributed by atoms with E-state index in [4.69, 9.17) is 5.73 Å². The third kappa shape index (κ3) is 2.86. The normalized spacial score (nSPS) is 12.2. The molecule has 21 heavy (non-hydrogen) atoms. The molecule has 0 radical (unpaired) electrons. The lowest BCUT2D eigenvalue weighted by atomic mass is 10.1. The van der Waals surface area contributed by atoms with E-state index in [1.165, 1.54) is 29.5 Å². The number of hydrogen-bond donors (Lipinski definition) is 3. The minimum atomic E-state index is -0.344. The molecule has 0 bridgehead atoms. The molecule has 5 nitrogen and oxygen atoms in total. The molecule has 0 spiro atoms. The number of phenols is 2. The van der Waals surface area contributed by atoms with Crippen LogP contribution < -0.4 is 5.73 Å². The van der Waals surface area contributed by atoms with Crippen molar-refractivity contribution in [2.24, 2.45) is 5.73 Å². The van der Waals surface area contributed by atoms with Gasteiger partial charge in [0.05, 0.1) is 6.04 Å². The molecule has 0 aliphatic carbocycles. The topological polar surface area (TPSA) is 92.3 Å². The molecular formula is C15H13N3O2S. The van der Waals surface area contributed by atoms with Gasteiger partial charge in [-0.15, -0.1) is 10.2 Å². The first kappa shape index (κ1) is 13.5. The van der Waals surface area contributed by atoms with Crippen LogP contribution in [-0.4, -0.2) is 20.4 Å². The lowest BCUT2D eigenvalue weighted by Crippen LogP contribution is -2.11. The smallest absolute Gasteiger partial charge is 0.148 e. The van der Waals surface area contributed by atoms with Gasteiger partial charge in [0, 0.05) is 11.6 Å². The molecule has 0 amide bonds. The van der Waals surface area contributed by atoms with Gasteiger partial charge in [0.15, 0.2) is 0 Å². The lowest BCUT2D eigenvalue weighted by Gasteiger charge is -2.06. The second-order valence-electron chi connectivity index (χ2n) is 4.57. The monoisotopic (exact) mass is 299 g/mol. The Hall–Kier alpha value is -2.44. The summed E-state index contributed by atoms with van der Waals surface area (Å²) in [6, 6.07) is 13.6. The molecule has 0 aliphatic rings. The molecule has 3 aromatic rings. The van der Waals surface area contributed by atoms with Crippen LogP contribution in [-0.2, 0) is 0 Å². The van der Waals surface area contributed by atoms with E-state index in [0.717, 1.165) is 5.56 Å². The van der Waals surface area contributed by atoms with E-state index in [2.05, 4.69) is 10.2 Å². The van der Waals surface area contributed by atoms with Gasteiger partial charge in [-0.05, 0) is 17.7 Å². The van der Waals surface area contributed by atoms with E-state index in [-0.39, 0.29) is 17.5 Å². The van der Waals surface area contributed by atoms with Crippen molar-refractivity contribution in [3.8, 4) is 22.1 Å². The summed E-state index contributed by atoms with van der Waals surface area (Å²) in [4.78, 5) is 0. The molecule has 0 aliphatic heterocycles. The summed E-state index contributed by atoms with van der Waals surface area (Å²) in [5, 5.41) is 28.5. The minimum Gasteiger partial charge on any atom is -0.508 e. The van der Waals surface area contributed by atoms with Crippen LogP contribution in [0.25, 0.3) is 10.6 Å². The van der Waals surface area contributed by atoms with Crippen molar-refractivity contribution in [3.63, 3.8) is 0 Å². The van der Waals surface area contributed by atoms with Gasteiger partial charge in [0.2, 0.25) is 0 Å². The third-order valence-electron chi connectivity index (χ3n) is 3.01. The predicted octanol–water partition coefficient (Wildman–Crippen LogP) is 2.66. The Morgan fingerprint density at radius 2 is 1.62 bits per heavy atom. The van der Waals surface area contributed by atoms with Crippen molar-refractivity contribution in [2.45, 2.75) is 6.04 Å². The van der Waals surface area contributed by atoms with E-state index >= 15 is 0 Å². The first-order chi connectivity index (χ1) is 10.1. The number of nitrogens with two attached hydrogens (primary N) is 1. The van der Waals surface area contributed by atoms with Crippen LogP contribution in [0.1, 0.15) is 16.6 Å². The summed E-state index contributed by atoms with van der Waals surface area (Å²) < 4.78 is 0. The molecule has 6 heteroatoms. The van der Waals surface area contributed by atoms with Crippen molar-refractivity contribution in [3.05, 3.63) is 59.1 Å². The Labute approximate surface area is 125 Å². The zero-order valence-corrected chi connectivity index (χ0v) is 11.8. The molecule has 1 unspecified atom stereocenters. The van der Waals surface area contributed by atoms with E-state index in [0.29, 0.717) is 15.6 Å². The first-order valence-corrected chi connectivity index (χ1v) is 7.12. The molecule has 0 fully saturated rings. The summed E-state index contributed by atoms with van der Waals surface area (Å²) in [6.07, 6.45) is 0. The zero-order valence-electron chi connectivity index (χ0n) is 11.0. The number of benzene rings is 2. The summed E-state index contributed by atoms with van der Waals surface area (Å²) in [6.45, 7) is 0. The lowest BCUT2D eigenvalue weighted by molar-refractivity contribution is 0.451. The van der Waals surface area contributed by atoms with Gasteiger partial charge < -0.3 is 15.9 Å². The molecule has 4 N–H and O–H groups in total. The van der Waals surface area contributed by atoms with Crippen LogP contribution in [0.2, 0.25) is 0 Å². The Bertz CT molecular complexity index is 738. The fraction of sp³-hybridized carbons (Fsp3) is 0.0667. The van der Waals surface area contributed by atoms with Crippen LogP contribution in [0, 0.1) is 0 Å². The van der Waals surface area contributed by atoms with Gasteiger partial charge in [-0.1, -0.05) is 41.7 Å². The van der Waals surface area contributed by atoms with E-state index < -0.39 is 0 Å².